The third-order valence-corrected chi connectivity index (χ3v) is 2.61. The van der Waals surface area contributed by atoms with E-state index in [1.165, 1.54) is 18.3 Å². The summed E-state index contributed by atoms with van der Waals surface area (Å²) in [7, 11) is 0. The van der Waals surface area contributed by atoms with Gasteiger partial charge in [-0.3, -0.25) is 4.98 Å². The fraction of sp³-hybridized carbons (Fsp3) is 0.286. The van der Waals surface area contributed by atoms with Gasteiger partial charge in [0.25, 0.3) is 6.43 Å². The standard InChI is InChI=1S/C14H15F2N3O/c1-2-20-13-9-17-8-12(19-13)18-7-10-3-5-11(6-4-10)14(15)16/h3-6,8-9,14H,2,7H2,1H3,(H,18,19). The van der Waals surface area contributed by atoms with E-state index in [0.717, 1.165) is 5.56 Å². The monoisotopic (exact) mass is 279 g/mol. The van der Waals surface area contributed by atoms with E-state index in [4.69, 9.17) is 4.74 Å². The minimum absolute atomic E-state index is 0.0203. The molecule has 0 unspecified atom stereocenters. The number of hydrogen-bond acceptors (Lipinski definition) is 4. The van der Waals surface area contributed by atoms with Crippen LogP contribution in [0.25, 0.3) is 0 Å². The van der Waals surface area contributed by atoms with E-state index < -0.39 is 6.43 Å². The molecule has 0 saturated carbocycles. The van der Waals surface area contributed by atoms with E-state index in [1.54, 1.807) is 18.3 Å². The van der Waals surface area contributed by atoms with E-state index in [1.807, 2.05) is 6.92 Å². The van der Waals surface area contributed by atoms with Crippen LogP contribution < -0.4 is 10.1 Å². The quantitative estimate of drug-likeness (QED) is 0.880. The van der Waals surface area contributed by atoms with E-state index in [0.29, 0.717) is 24.8 Å². The molecule has 0 aliphatic carbocycles. The van der Waals surface area contributed by atoms with Crippen molar-refractivity contribution in [1.82, 2.24) is 9.97 Å². The molecule has 20 heavy (non-hydrogen) atoms. The van der Waals surface area contributed by atoms with Gasteiger partial charge in [0.2, 0.25) is 5.88 Å². The molecule has 1 N–H and O–H groups in total. The lowest BCUT2D eigenvalue weighted by molar-refractivity contribution is 0.151. The van der Waals surface area contributed by atoms with Crippen molar-refractivity contribution in [1.29, 1.82) is 0 Å². The predicted octanol–water partition coefficient (Wildman–Crippen LogP) is 3.43. The van der Waals surface area contributed by atoms with E-state index >= 15 is 0 Å². The van der Waals surface area contributed by atoms with Gasteiger partial charge >= 0.3 is 0 Å². The molecule has 106 valence electrons. The first kappa shape index (κ1) is 14.2. The van der Waals surface area contributed by atoms with Gasteiger partial charge < -0.3 is 10.1 Å². The molecule has 2 rings (SSSR count). The van der Waals surface area contributed by atoms with Crippen LogP contribution in [0, 0.1) is 0 Å². The smallest absolute Gasteiger partial charge is 0.263 e. The van der Waals surface area contributed by atoms with Crippen molar-refractivity contribution in [2.45, 2.75) is 19.9 Å². The van der Waals surface area contributed by atoms with Crippen LogP contribution in [-0.4, -0.2) is 16.6 Å². The van der Waals surface area contributed by atoms with Crippen molar-refractivity contribution in [3.8, 4) is 5.88 Å². The predicted molar refractivity (Wildman–Crippen MR) is 71.9 cm³/mol. The molecular formula is C14H15F2N3O. The maximum Gasteiger partial charge on any atom is 0.263 e. The molecule has 0 amide bonds. The Bertz CT molecular complexity index is 546. The first-order valence-corrected chi connectivity index (χ1v) is 6.24. The molecule has 6 heteroatoms. The summed E-state index contributed by atoms with van der Waals surface area (Å²) in [4.78, 5) is 8.21. The number of rotatable bonds is 6. The van der Waals surface area contributed by atoms with Crippen LogP contribution in [0.1, 0.15) is 24.5 Å². The normalized spacial score (nSPS) is 10.6. The lowest BCUT2D eigenvalue weighted by atomic mass is 10.1. The topological polar surface area (TPSA) is 47.0 Å². The highest BCUT2D eigenvalue weighted by atomic mass is 19.3. The number of hydrogen-bond donors (Lipinski definition) is 1. The second-order valence-electron chi connectivity index (χ2n) is 4.07. The Morgan fingerprint density at radius 3 is 2.60 bits per heavy atom. The number of benzene rings is 1. The molecule has 0 bridgehead atoms. The first-order valence-electron chi connectivity index (χ1n) is 6.24. The summed E-state index contributed by atoms with van der Waals surface area (Å²) in [5, 5.41) is 3.07. The molecule has 4 nitrogen and oxygen atoms in total. The van der Waals surface area contributed by atoms with Crippen LogP contribution >= 0.6 is 0 Å². The van der Waals surface area contributed by atoms with Crippen molar-refractivity contribution in [3.05, 3.63) is 47.8 Å². The number of alkyl halides is 2. The molecule has 1 aromatic heterocycles. The molecule has 0 aliphatic rings. The zero-order valence-electron chi connectivity index (χ0n) is 11.0. The Morgan fingerprint density at radius 2 is 1.95 bits per heavy atom. The maximum absolute atomic E-state index is 12.4. The number of ether oxygens (including phenoxy) is 1. The first-order chi connectivity index (χ1) is 9.69. The van der Waals surface area contributed by atoms with Crippen molar-refractivity contribution < 1.29 is 13.5 Å². The highest BCUT2D eigenvalue weighted by molar-refractivity contribution is 5.35. The Hall–Kier alpha value is -2.24. The van der Waals surface area contributed by atoms with Crippen molar-refractivity contribution in [2.75, 3.05) is 11.9 Å². The van der Waals surface area contributed by atoms with Gasteiger partial charge in [0.1, 0.15) is 5.82 Å². The van der Waals surface area contributed by atoms with E-state index in [-0.39, 0.29) is 5.56 Å². The van der Waals surface area contributed by atoms with E-state index in [9.17, 15) is 8.78 Å². The molecule has 0 aliphatic heterocycles. The zero-order chi connectivity index (χ0) is 14.4. The highest BCUT2D eigenvalue weighted by Gasteiger charge is 2.06. The summed E-state index contributed by atoms with van der Waals surface area (Å²) >= 11 is 0. The SMILES string of the molecule is CCOc1cncc(NCc2ccc(C(F)F)cc2)n1. The highest BCUT2D eigenvalue weighted by Crippen LogP contribution is 2.19. The van der Waals surface area contributed by atoms with Crippen molar-refractivity contribution >= 4 is 5.82 Å². The number of nitrogens with one attached hydrogen (secondary N) is 1. The number of halogens is 2. The Kier molecular flexibility index (Phi) is 4.81. The Balaban J connectivity index is 1.96. The third kappa shape index (κ3) is 3.88. The van der Waals surface area contributed by atoms with E-state index in [2.05, 4.69) is 15.3 Å². The second-order valence-corrected chi connectivity index (χ2v) is 4.07. The summed E-state index contributed by atoms with van der Waals surface area (Å²) in [5.74, 6) is 1.03. The molecule has 1 aromatic carbocycles. The van der Waals surface area contributed by atoms with Gasteiger partial charge in [0.15, 0.2) is 0 Å². The largest absolute Gasteiger partial charge is 0.477 e. The average Bonchev–Trinajstić information content (AvgIpc) is 2.46. The maximum atomic E-state index is 12.4. The minimum atomic E-state index is -2.44. The lowest BCUT2D eigenvalue weighted by Gasteiger charge is -2.08. The third-order valence-electron chi connectivity index (χ3n) is 2.61. The van der Waals surface area contributed by atoms with Crippen molar-refractivity contribution in [3.63, 3.8) is 0 Å². The van der Waals surface area contributed by atoms with Crippen LogP contribution in [0.4, 0.5) is 14.6 Å². The summed E-state index contributed by atoms with van der Waals surface area (Å²) in [6.07, 6.45) is 0.674. The number of anilines is 1. The number of nitrogens with zero attached hydrogens (tertiary/aromatic N) is 2. The van der Waals surface area contributed by atoms with Gasteiger partial charge in [-0.25, -0.2) is 8.78 Å². The van der Waals surface area contributed by atoms with Gasteiger partial charge in [-0.15, -0.1) is 0 Å². The summed E-state index contributed by atoms with van der Waals surface area (Å²) in [5.41, 5.74) is 0.907. The molecule has 0 atom stereocenters. The minimum Gasteiger partial charge on any atom is -0.477 e. The molecule has 0 saturated heterocycles. The molecule has 0 fully saturated rings. The summed E-state index contributed by atoms with van der Waals surface area (Å²) < 4.78 is 30.1. The van der Waals surface area contributed by atoms with Gasteiger partial charge in [-0.2, -0.15) is 4.98 Å². The molecule has 0 radical (unpaired) electrons. The average molecular weight is 279 g/mol. The van der Waals surface area contributed by atoms with Crippen LogP contribution in [0.15, 0.2) is 36.7 Å². The van der Waals surface area contributed by atoms with Gasteiger partial charge in [-0.1, -0.05) is 24.3 Å². The van der Waals surface area contributed by atoms with Crippen molar-refractivity contribution in [2.24, 2.45) is 0 Å². The number of aromatic nitrogens is 2. The second kappa shape index (κ2) is 6.79. The van der Waals surface area contributed by atoms with Gasteiger partial charge in [0.05, 0.1) is 19.0 Å². The van der Waals surface area contributed by atoms with Crippen LogP contribution in [0.5, 0.6) is 5.88 Å². The van der Waals surface area contributed by atoms with Gasteiger partial charge in [0, 0.05) is 12.1 Å². The molecular weight excluding hydrogens is 264 g/mol. The fourth-order valence-corrected chi connectivity index (χ4v) is 1.62. The lowest BCUT2D eigenvalue weighted by Crippen LogP contribution is -2.03. The van der Waals surface area contributed by atoms with Crippen LogP contribution in [0.3, 0.4) is 0 Å². The molecule has 2 aromatic rings. The summed E-state index contributed by atoms with van der Waals surface area (Å²) in [6.45, 7) is 2.87. The molecule has 0 spiro atoms. The van der Waals surface area contributed by atoms with Crippen LogP contribution in [0.2, 0.25) is 0 Å². The zero-order valence-corrected chi connectivity index (χ0v) is 11.0. The van der Waals surface area contributed by atoms with Gasteiger partial charge in [-0.05, 0) is 12.5 Å². The fourth-order valence-electron chi connectivity index (χ4n) is 1.62. The Labute approximate surface area is 115 Å². The summed E-state index contributed by atoms with van der Waals surface area (Å²) in [6, 6.07) is 6.16. The Morgan fingerprint density at radius 1 is 1.20 bits per heavy atom. The molecule has 1 heterocycles. The van der Waals surface area contributed by atoms with Crippen LogP contribution in [-0.2, 0) is 6.54 Å².